The van der Waals surface area contributed by atoms with Crippen LogP contribution in [0.1, 0.15) is 13.8 Å². The third-order valence-corrected chi connectivity index (χ3v) is 1.72. The van der Waals surface area contributed by atoms with Crippen LogP contribution in [0.5, 0.6) is 0 Å². The predicted molar refractivity (Wildman–Crippen MR) is 56.5 cm³/mol. The van der Waals surface area contributed by atoms with E-state index in [0.29, 0.717) is 12.5 Å². The molecule has 3 N–H and O–H groups in total. The molecule has 1 heterocycles. The number of anilines is 1. The Morgan fingerprint density at radius 2 is 2.20 bits per heavy atom. The molecule has 1 rings (SSSR count). The van der Waals surface area contributed by atoms with Crippen LogP contribution in [0.3, 0.4) is 0 Å². The molecule has 0 atom stereocenters. The fraction of sp³-hybridized carbons (Fsp3) is 0.556. The van der Waals surface area contributed by atoms with Gasteiger partial charge in [-0.15, -0.1) is 0 Å². The first-order chi connectivity index (χ1) is 7.00. The number of nitrogen functional groups attached to an aromatic ring is 1. The molecule has 0 aromatic carbocycles. The summed E-state index contributed by atoms with van der Waals surface area (Å²) in [5.74, 6) is 0.390. The van der Waals surface area contributed by atoms with Crippen molar-refractivity contribution in [3.05, 3.63) is 27.0 Å². The van der Waals surface area contributed by atoms with Gasteiger partial charge in [-0.2, -0.15) is 0 Å². The lowest BCUT2D eigenvalue weighted by atomic mass is 10.2. The van der Waals surface area contributed by atoms with Gasteiger partial charge in [0.05, 0.1) is 6.61 Å². The summed E-state index contributed by atoms with van der Waals surface area (Å²) >= 11 is 0. The quantitative estimate of drug-likeness (QED) is 0.721. The molecule has 0 bridgehead atoms. The van der Waals surface area contributed by atoms with Crippen LogP contribution in [-0.2, 0) is 11.5 Å². The van der Waals surface area contributed by atoms with E-state index in [9.17, 15) is 9.59 Å². The van der Waals surface area contributed by atoms with Gasteiger partial charge >= 0.3 is 5.69 Å². The topological polar surface area (TPSA) is 90.1 Å². The summed E-state index contributed by atoms with van der Waals surface area (Å²) in [6.07, 6.45) is 1.28. The van der Waals surface area contributed by atoms with Gasteiger partial charge in [0.15, 0.2) is 0 Å². The van der Waals surface area contributed by atoms with Gasteiger partial charge < -0.3 is 10.5 Å². The maximum Gasteiger partial charge on any atom is 0.330 e. The minimum absolute atomic E-state index is 0.00254. The van der Waals surface area contributed by atoms with Crippen molar-refractivity contribution in [3.8, 4) is 0 Å². The Hall–Kier alpha value is -1.56. The highest BCUT2D eigenvalue weighted by Gasteiger charge is 2.01. The van der Waals surface area contributed by atoms with Crippen molar-refractivity contribution in [3.63, 3.8) is 0 Å². The number of nitrogens with two attached hydrogens (primary N) is 1. The van der Waals surface area contributed by atoms with Crippen LogP contribution < -0.4 is 17.0 Å². The molecule has 0 amide bonds. The second-order valence-electron chi connectivity index (χ2n) is 3.71. The largest absolute Gasteiger partial charge is 0.393 e. The number of ether oxygens (including phenoxy) is 1. The molecule has 6 nitrogen and oxygen atoms in total. The maximum absolute atomic E-state index is 11.2. The molecule has 0 fully saturated rings. The Morgan fingerprint density at radius 1 is 1.53 bits per heavy atom. The number of H-pyrrole nitrogens is 1. The molecule has 84 valence electrons. The first-order valence-corrected chi connectivity index (χ1v) is 4.67. The van der Waals surface area contributed by atoms with Crippen molar-refractivity contribution in [1.82, 2.24) is 9.55 Å². The van der Waals surface area contributed by atoms with Crippen molar-refractivity contribution >= 4 is 5.69 Å². The number of hydrogen-bond donors (Lipinski definition) is 2. The summed E-state index contributed by atoms with van der Waals surface area (Å²) in [6.45, 7) is 4.65. The highest BCUT2D eigenvalue weighted by Crippen LogP contribution is 1.94. The molecule has 1 aromatic rings. The van der Waals surface area contributed by atoms with Crippen LogP contribution in [0, 0.1) is 5.92 Å². The number of aromatic nitrogens is 2. The van der Waals surface area contributed by atoms with Gasteiger partial charge in [-0.1, -0.05) is 13.8 Å². The van der Waals surface area contributed by atoms with Gasteiger partial charge in [0.2, 0.25) is 0 Å². The lowest BCUT2D eigenvalue weighted by molar-refractivity contribution is 0.0549. The average molecular weight is 213 g/mol. The number of nitrogens with zero attached hydrogens (tertiary/aromatic N) is 1. The minimum Gasteiger partial charge on any atom is -0.393 e. The Bertz CT molecular complexity index is 433. The lowest BCUT2D eigenvalue weighted by Gasteiger charge is -2.08. The van der Waals surface area contributed by atoms with Crippen LogP contribution in [-0.4, -0.2) is 16.2 Å². The van der Waals surface area contributed by atoms with E-state index in [4.69, 9.17) is 10.5 Å². The molecule has 0 saturated carbocycles. The molecule has 0 aliphatic carbocycles. The van der Waals surface area contributed by atoms with E-state index in [2.05, 4.69) is 4.98 Å². The van der Waals surface area contributed by atoms with Gasteiger partial charge in [-0.25, -0.2) is 4.79 Å². The summed E-state index contributed by atoms with van der Waals surface area (Å²) in [4.78, 5) is 24.3. The monoisotopic (exact) mass is 213 g/mol. The fourth-order valence-electron chi connectivity index (χ4n) is 1.01. The lowest BCUT2D eigenvalue weighted by Crippen LogP contribution is -2.31. The van der Waals surface area contributed by atoms with Crippen LogP contribution in [0.15, 0.2) is 15.8 Å². The molecular formula is C9H15N3O3. The Labute approximate surface area is 86.7 Å². The molecule has 1 aromatic heterocycles. The fourth-order valence-corrected chi connectivity index (χ4v) is 1.01. The van der Waals surface area contributed by atoms with Crippen molar-refractivity contribution in [1.29, 1.82) is 0 Å². The average Bonchev–Trinajstić information content (AvgIpc) is 2.13. The van der Waals surface area contributed by atoms with Crippen molar-refractivity contribution < 1.29 is 4.74 Å². The first-order valence-electron chi connectivity index (χ1n) is 4.67. The van der Waals surface area contributed by atoms with Crippen molar-refractivity contribution in [2.75, 3.05) is 12.3 Å². The summed E-state index contributed by atoms with van der Waals surface area (Å²) in [6, 6.07) is 0. The number of rotatable bonds is 4. The van der Waals surface area contributed by atoms with E-state index >= 15 is 0 Å². The summed E-state index contributed by atoms with van der Waals surface area (Å²) in [5, 5.41) is 0. The van der Waals surface area contributed by atoms with Crippen molar-refractivity contribution in [2.24, 2.45) is 5.92 Å². The molecular weight excluding hydrogens is 198 g/mol. The van der Waals surface area contributed by atoms with Gasteiger partial charge in [-0.05, 0) is 5.92 Å². The third-order valence-electron chi connectivity index (χ3n) is 1.72. The Kier molecular flexibility index (Phi) is 3.68. The summed E-state index contributed by atoms with van der Waals surface area (Å²) in [7, 11) is 0. The third kappa shape index (κ3) is 3.25. The molecule has 0 saturated heterocycles. The second-order valence-corrected chi connectivity index (χ2v) is 3.71. The van der Waals surface area contributed by atoms with E-state index in [-0.39, 0.29) is 12.4 Å². The zero-order chi connectivity index (χ0) is 11.4. The predicted octanol–water partition coefficient (Wildman–Crippen LogP) is -0.251. The molecule has 0 radical (unpaired) electrons. The van der Waals surface area contributed by atoms with Crippen molar-refractivity contribution in [2.45, 2.75) is 20.6 Å². The number of aromatic amines is 1. The zero-order valence-corrected chi connectivity index (χ0v) is 8.82. The van der Waals surface area contributed by atoms with Crippen LogP contribution in [0.2, 0.25) is 0 Å². The molecule has 0 aliphatic rings. The molecule has 0 spiro atoms. The second kappa shape index (κ2) is 4.79. The van der Waals surface area contributed by atoms with Gasteiger partial charge in [0, 0.05) is 6.20 Å². The Balaban J connectivity index is 2.74. The SMILES string of the molecule is CC(C)COCn1cc(N)c(=O)[nH]c1=O. The molecule has 0 aliphatic heterocycles. The summed E-state index contributed by atoms with van der Waals surface area (Å²) < 4.78 is 6.46. The normalized spacial score (nSPS) is 10.9. The minimum atomic E-state index is -0.569. The van der Waals surface area contributed by atoms with E-state index < -0.39 is 11.2 Å². The van der Waals surface area contributed by atoms with E-state index in [1.165, 1.54) is 10.8 Å². The number of nitrogens with one attached hydrogen (secondary N) is 1. The van der Waals surface area contributed by atoms with Gasteiger partial charge in [-0.3, -0.25) is 14.3 Å². The molecule has 6 heteroatoms. The number of hydrogen-bond acceptors (Lipinski definition) is 4. The van der Waals surface area contributed by atoms with E-state index in [0.717, 1.165) is 0 Å². The Morgan fingerprint density at radius 3 is 2.80 bits per heavy atom. The standard InChI is InChI=1S/C9H15N3O3/c1-6(2)4-15-5-12-3-7(10)8(13)11-9(12)14/h3,6H,4-5,10H2,1-2H3,(H,11,13,14). The van der Waals surface area contributed by atoms with Crippen LogP contribution in [0.25, 0.3) is 0 Å². The highest BCUT2D eigenvalue weighted by atomic mass is 16.5. The van der Waals surface area contributed by atoms with Crippen LogP contribution in [0.4, 0.5) is 5.69 Å². The first kappa shape index (κ1) is 11.5. The smallest absolute Gasteiger partial charge is 0.330 e. The zero-order valence-electron chi connectivity index (χ0n) is 8.82. The highest BCUT2D eigenvalue weighted by molar-refractivity contribution is 5.29. The molecule has 0 unspecified atom stereocenters. The maximum atomic E-state index is 11.2. The molecule has 15 heavy (non-hydrogen) atoms. The van der Waals surface area contributed by atoms with E-state index in [1.807, 2.05) is 13.8 Å². The van der Waals surface area contributed by atoms with Gasteiger partial charge in [0.1, 0.15) is 12.4 Å². The van der Waals surface area contributed by atoms with Crippen LogP contribution >= 0.6 is 0 Å². The summed E-state index contributed by atoms with van der Waals surface area (Å²) in [5.41, 5.74) is 4.28. The van der Waals surface area contributed by atoms with E-state index in [1.54, 1.807) is 0 Å². The van der Waals surface area contributed by atoms with Gasteiger partial charge in [0.25, 0.3) is 5.56 Å².